The lowest BCUT2D eigenvalue weighted by molar-refractivity contribution is -0.135. The number of amides is 1. The van der Waals surface area contributed by atoms with Crippen LogP contribution in [0.15, 0.2) is 24.3 Å². The highest BCUT2D eigenvalue weighted by Crippen LogP contribution is 2.41. The fourth-order valence-electron chi connectivity index (χ4n) is 3.45. The van der Waals surface area contributed by atoms with Crippen molar-refractivity contribution in [1.82, 2.24) is 14.9 Å². The van der Waals surface area contributed by atoms with Crippen LogP contribution in [0.25, 0.3) is 0 Å². The van der Waals surface area contributed by atoms with E-state index in [1.165, 1.54) is 0 Å². The molecule has 0 unspecified atom stereocenters. The van der Waals surface area contributed by atoms with Crippen LogP contribution in [0, 0.1) is 5.41 Å². The van der Waals surface area contributed by atoms with Crippen LogP contribution in [-0.4, -0.2) is 60.6 Å². The number of nitrogens with zero attached hydrogens (tertiary/aromatic N) is 4. The molecule has 2 saturated heterocycles. The highest BCUT2D eigenvalue weighted by molar-refractivity contribution is 5.84. The number of carbonyl (C=O) groups is 1. The number of piperidine rings is 1. The Balaban J connectivity index is 1.56. The zero-order chi connectivity index (χ0) is 17.9. The van der Waals surface area contributed by atoms with Gasteiger partial charge in [0, 0.05) is 38.8 Å². The van der Waals surface area contributed by atoms with E-state index in [-0.39, 0.29) is 24.5 Å². The first-order valence-corrected chi connectivity index (χ1v) is 8.51. The van der Waals surface area contributed by atoms with Gasteiger partial charge in [-0.25, -0.2) is 14.4 Å². The second-order valence-electron chi connectivity index (χ2n) is 6.72. The van der Waals surface area contributed by atoms with Crippen LogP contribution in [0.5, 0.6) is 5.75 Å². The van der Waals surface area contributed by atoms with Crippen molar-refractivity contribution in [2.75, 3.05) is 44.7 Å². The van der Waals surface area contributed by atoms with Crippen molar-refractivity contribution in [2.24, 2.45) is 11.1 Å². The first kappa shape index (κ1) is 17.6. The fourth-order valence-corrected chi connectivity index (χ4v) is 3.45. The Hall–Kier alpha value is -2.22. The summed E-state index contributed by atoms with van der Waals surface area (Å²) in [5, 5.41) is 0. The molecule has 2 fully saturated rings. The van der Waals surface area contributed by atoms with Crippen LogP contribution in [0.1, 0.15) is 19.3 Å². The molecule has 0 atom stereocenters. The number of anilines is 1. The van der Waals surface area contributed by atoms with E-state index in [1.807, 2.05) is 11.9 Å². The first-order chi connectivity index (χ1) is 12.1. The van der Waals surface area contributed by atoms with Crippen LogP contribution < -0.4 is 15.4 Å². The lowest BCUT2D eigenvalue weighted by Crippen LogP contribution is -2.44. The number of likely N-dealkylation sites (tertiary alicyclic amines) is 1. The number of nitrogens with two attached hydrogens (primary N) is 1. The maximum absolute atomic E-state index is 12.5. The summed E-state index contributed by atoms with van der Waals surface area (Å²) in [6.45, 7) is 2.57. The Morgan fingerprint density at radius 2 is 1.96 bits per heavy atom. The Morgan fingerprint density at radius 3 is 2.48 bits per heavy atom. The molecule has 136 valence electrons. The van der Waals surface area contributed by atoms with Gasteiger partial charge in [-0.05, 0) is 19.3 Å². The van der Waals surface area contributed by atoms with Gasteiger partial charge in [-0.15, -0.1) is 0 Å². The molecule has 0 aromatic carbocycles. The maximum Gasteiger partial charge on any atom is 0.228 e. The van der Waals surface area contributed by atoms with Crippen molar-refractivity contribution >= 4 is 11.9 Å². The molecule has 25 heavy (non-hydrogen) atoms. The van der Waals surface area contributed by atoms with Crippen LogP contribution in [0.2, 0.25) is 0 Å². The van der Waals surface area contributed by atoms with E-state index in [9.17, 15) is 9.18 Å². The van der Waals surface area contributed by atoms with Crippen LogP contribution in [-0.2, 0) is 4.79 Å². The molecule has 2 aliphatic heterocycles. The molecular weight excluding hydrogens is 325 g/mol. The minimum Gasteiger partial charge on any atom is -0.486 e. The van der Waals surface area contributed by atoms with Crippen LogP contribution in [0.3, 0.4) is 0 Å². The fraction of sp³-hybridized carbons (Fsp3) is 0.588. The Morgan fingerprint density at radius 1 is 1.32 bits per heavy atom. The van der Waals surface area contributed by atoms with Crippen LogP contribution >= 0.6 is 0 Å². The molecule has 7 nitrogen and oxygen atoms in total. The minimum atomic E-state index is -0.189. The molecule has 3 rings (SSSR count). The number of aromatic nitrogens is 2. The molecule has 0 aliphatic carbocycles. The smallest absolute Gasteiger partial charge is 0.228 e. The zero-order valence-electron chi connectivity index (χ0n) is 14.4. The molecule has 8 heteroatoms. The number of halogens is 1. The average molecular weight is 349 g/mol. The van der Waals surface area contributed by atoms with E-state index in [0.29, 0.717) is 23.6 Å². The highest BCUT2D eigenvalue weighted by atomic mass is 19.1. The molecule has 2 aliphatic rings. The van der Waals surface area contributed by atoms with Crippen molar-refractivity contribution in [3.05, 3.63) is 24.3 Å². The summed E-state index contributed by atoms with van der Waals surface area (Å²) in [6.07, 6.45) is 6.22. The summed E-state index contributed by atoms with van der Waals surface area (Å²) in [6, 6.07) is 0. The van der Waals surface area contributed by atoms with Crippen molar-refractivity contribution in [3.8, 4) is 5.75 Å². The van der Waals surface area contributed by atoms with E-state index in [4.69, 9.17) is 10.5 Å². The second-order valence-corrected chi connectivity index (χ2v) is 6.72. The predicted octanol–water partition coefficient (Wildman–Crippen LogP) is 1.12. The van der Waals surface area contributed by atoms with Crippen molar-refractivity contribution < 1.29 is 13.9 Å². The third-order valence-corrected chi connectivity index (χ3v) is 5.18. The molecule has 0 bridgehead atoms. The average Bonchev–Trinajstić information content (AvgIpc) is 2.92. The number of hydrogen-bond donors (Lipinski definition) is 1. The number of hydrogen-bond acceptors (Lipinski definition) is 6. The van der Waals surface area contributed by atoms with E-state index < -0.39 is 0 Å². The Kier molecular flexibility index (Phi) is 5.17. The molecule has 0 radical (unpaired) electrons. The highest BCUT2D eigenvalue weighted by Gasteiger charge is 2.47. The molecule has 2 N–H and O–H groups in total. The van der Waals surface area contributed by atoms with Gasteiger partial charge in [0.25, 0.3) is 0 Å². The summed E-state index contributed by atoms with van der Waals surface area (Å²) >= 11 is 0. The SMILES string of the molecule is CN1CCC2(CCN(c3ncc(OCC(=CF)CN)cn3)CC2)C1=O. The standard InChI is InChI=1S/C17H24FN5O2/c1-22-5-2-17(15(22)24)3-6-23(7-4-17)16-20-10-14(11-21-16)25-12-13(8-18)9-19/h8,10-11H,2-7,9,12,19H2,1H3. The largest absolute Gasteiger partial charge is 0.486 e. The Bertz CT molecular complexity index is 641. The summed E-state index contributed by atoms with van der Waals surface area (Å²) in [7, 11) is 1.87. The van der Waals surface area contributed by atoms with E-state index >= 15 is 0 Å². The molecule has 1 aromatic heterocycles. The van der Waals surface area contributed by atoms with Crippen LogP contribution in [0.4, 0.5) is 10.3 Å². The van der Waals surface area contributed by atoms with Gasteiger partial charge in [0.15, 0.2) is 5.75 Å². The van der Waals surface area contributed by atoms with Gasteiger partial charge >= 0.3 is 0 Å². The predicted molar refractivity (Wildman–Crippen MR) is 91.9 cm³/mol. The van der Waals surface area contributed by atoms with Gasteiger partial charge in [-0.2, -0.15) is 0 Å². The zero-order valence-corrected chi connectivity index (χ0v) is 14.4. The quantitative estimate of drug-likeness (QED) is 0.857. The molecular formula is C17H24FN5O2. The molecule has 1 spiro atoms. The topological polar surface area (TPSA) is 84.6 Å². The lowest BCUT2D eigenvalue weighted by Gasteiger charge is -2.37. The van der Waals surface area contributed by atoms with E-state index in [1.54, 1.807) is 12.4 Å². The number of rotatable bonds is 5. The van der Waals surface area contributed by atoms with Gasteiger partial charge in [-0.1, -0.05) is 0 Å². The van der Waals surface area contributed by atoms with E-state index in [2.05, 4.69) is 14.9 Å². The maximum atomic E-state index is 12.5. The van der Waals surface area contributed by atoms with Crippen molar-refractivity contribution in [2.45, 2.75) is 19.3 Å². The first-order valence-electron chi connectivity index (χ1n) is 8.51. The normalized spacial score (nSPS) is 20.4. The summed E-state index contributed by atoms with van der Waals surface area (Å²) in [4.78, 5) is 25.0. The van der Waals surface area contributed by atoms with Crippen molar-refractivity contribution in [3.63, 3.8) is 0 Å². The third kappa shape index (κ3) is 3.58. The molecule has 0 saturated carbocycles. The van der Waals surface area contributed by atoms with Gasteiger partial charge < -0.3 is 20.3 Å². The third-order valence-electron chi connectivity index (χ3n) is 5.18. The molecule has 1 aromatic rings. The number of carbonyl (C=O) groups excluding carboxylic acids is 1. The second kappa shape index (κ2) is 7.35. The minimum absolute atomic E-state index is 0.0809. The lowest BCUT2D eigenvalue weighted by atomic mass is 9.77. The molecule has 1 amide bonds. The van der Waals surface area contributed by atoms with Crippen molar-refractivity contribution in [1.29, 1.82) is 0 Å². The summed E-state index contributed by atoms with van der Waals surface area (Å²) in [5.41, 5.74) is 5.57. The number of ether oxygens (including phenoxy) is 1. The summed E-state index contributed by atoms with van der Waals surface area (Å²) < 4.78 is 17.9. The summed E-state index contributed by atoms with van der Waals surface area (Å²) in [5.74, 6) is 1.37. The molecule has 3 heterocycles. The van der Waals surface area contributed by atoms with Gasteiger partial charge in [0.2, 0.25) is 11.9 Å². The van der Waals surface area contributed by atoms with Gasteiger partial charge in [0.05, 0.1) is 24.1 Å². The van der Waals surface area contributed by atoms with Gasteiger partial charge in [0.1, 0.15) is 6.61 Å². The van der Waals surface area contributed by atoms with Gasteiger partial charge in [-0.3, -0.25) is 4.79 Å². The monoisotopic (exact) mass is 349 g/mol. The van der Waals surface area contributed by atoms with E-state index in [0.717, 1.165) is 38.9 Å². The Labute approximate surface area is 146 Å².